The number of hydrogen-bond acceptors (Lipinski definition) is 3. The normalized spacial score (nSPS) is 19.4. The summed E-state index contributed by atoms with van der Waals surface area (Å²) in [5.41, 5.74) is 6.03. The fourth-order valence-electron chi connectivity index (χ4n) is 2.01. The van der Waals surface area contributed by atoms with Gasteiger partial charge >= 0.3 is 0 Å². The van der Waals surface area contributed by atoms with Gasteiger partial charge in [0.2, 0.25) is 0 Å². The molecule has 0 amide bonds. The van der Waals surface area contributed by atoms with Gasteiger partial charge in [-0.3, -0.25) is 9.48 Å². The molecular weight excluding hydrogens is 202 g/mol. The van der Waals surface area contributed by atoms with Crippen molar-refractivity contribution in [2.45, 2.75) is 45.2 Å². The number of rotatable bonds is 5. The lowest BCUT2D eigenvalue weighted by Crippen LogP contribution is -2.47. The second-order valence-corrected chi connectivity index (χ2v) is 4.88. The third-order valence-corrected chi connectivity index (χ3v) is 3.26. The maximum atomic E-state index is 12.2. The molecule has 0 aromatic carbocycles. The van der Waals surface area contributed by atoms with E-state index in [4.69, 9.17) is 5.73 Å². The number of ketones is 1. The first-order valence-electron chi connectivity index (χ1n) is 5.92. The quantitative estimate of drug-likeness (QED) is 0.768. The summed E-state index contributed by atoms with van der Waals surface area (Å²) in [5, 5.41) is 4.16. The molecule has 0 radical (unpaired) electrons. The number of aromatic nitrogens is 2. The molecule has 1 heterocycles. The lowest BCUT2D eigenvalue weighted by atomic mass is 9.89. The molecule has 1 fully saturated rings. The number of nitrogens with two attached hydrogens (primary N) is 1. The topological polar surface area (TPSA) is 60.9 Å². The SMILES string of the molecule is CCCn1cc(C(=O)C(C)(N)C2CC2)cn1. The number of hydrogen-bond donors (Lipinski definition) is 1. The highest BCUT2D eigenvalue weighted by atomic mass is 16.1. The average Bonchev–Trinajstić information content (AvgIpc) is 3.00. The molecule has 4 heteroatoms. The molecule has 2 N–H and O–H groups in total. The van der Waals surface area contributed by atoms with Crippen molar-refractivity contribution in [3.63, 3.8) is 0 Å². The second kappa shape index (κ2) is 4.01. The van der Waals surface area contributed by atoms with E-state index in [1.807, 2.05) is 6.92 Å². The molecule has 1 aliphatic rings. The average molecular weight is 221 g/mol. The molecule has 4 nitrogen and oxygen atoms in total. The van der Waals surface area contributed by atoms with Crippen molar-refractivity contribution < 1.29 is 4.79 Å². The van der Waals surface area contributed by atoms with Crippen molar-refractivity contribution >= 4 is 5.78 Å². The van der Waals surface area contributed by atoms with Crippen LogP contribution in [0.1, 0.15) is 43.5 Å². The van der Waals surface area contributed by atoms with Gasteiger partial charge in [0, 0.05) is 12.7 Å². The van der Waals surface area contributed by atoms with E-state index < -0.39 is 5.54 Å². The predicted octanol–water partition coefficient (Wildman–Crippen LogP) is 1.60. The van der Waals surface area contributed by atoms with Gasteiger partial charge in [0.05, 0.1) is 17.3 Å². The molecule has 1 aromatic heterocycles. The van der Waals surface area contributed by atoms with E-state index in [2.05, 4.69) is 12.0 Å². The summed E-state index contributed by atoms with van der Waals surface area (Å²) >= 11 is 0. The smallest absolute Gasteiger partial charge is 0.185 e. The molecule has 1 unspecified atom stereocenters. The van der Waals surface area contributed by atoms with Crippen LogP contribution in [0.25, 0.3) is 0 Å². The Morgan fingerprint density at radius 1 is 1.69 bits per heavy atom. The van der Waals surface area contributed by atoms with Crippen molar-refractivity contribution in [3.8, 4) is 0 Å². The van der Waals surface area contributed by atoms with Gasteiger partial charge in [-0.1, -0.05) is 6.92 Å². The number of carbonyl (C=O) groups is 1. The van der Waals surface area contributed by atoms with Crippen LogP contribution < -0.4 is 5.73 Å². The fraction of sp³-hybridized carbons (Fsp3) is 0.667. The Hall–Kier alpha value is -1.16. The maximum absolute atomic E-state index is 12.2. The van der Waals surface area contributed by atoms with E-state index in [9.17, 15) is 4.79 Å². The van der Waals surface area contributed by atoms with E-state index in [1.54, 1.807) is 17.1 Å². The van der Waals surface area contributed by atoms with E-state index in [-0.39, 0.29) is 5.78 Å². The summed E-state index contributed by atoms with van der Waals surface area (Å²) < 4.78 is 1.80. The van der Waals surface area contributed by atoms with Crippen molar-refractivity contribution in [2.24, 2.45) is 11.7 Å². The molecule has 1 aliphatic carbocycles. The minimum atomic E-state index is -0.708. The monoisotopic (exact) mass is 221 g/mol. The first-order chi connectivity index (χ1) is 7.55. The van der Waals surface area contributed by atoms with Crippen LogP contribution in [0.3, 0.4) is 0 Å². The summed E-state index contributed by atoms with van der Waals surface area (Å²) in [7, 11) is 0. The molecule has 1 aromatic rings. The number of Topliss-reactive ketones (excluding diaryl/α,β-unsaturated/α-hetero) is 1. The molecule has 16 heavy (non-hydrogen) atoms. The summed E-state index contributed by atoms with van der Waals surface area (Å²) in [5.74, 6) is 0.381. The largest absolute Gasteiger partial charge is 0.319 e. The minimum Gasteiger partial charge on any atom is -0.319 e. The van der Waals surface area contributed by atoms with Crippen molar-refractivity contribution in [1.29, 1.82) is 0 Å². The van der Waals surface area contributed by atoms with Crippen LogP contribution in [0.2, 0.25) is 0 Å². The first kappa shape index (κ1) is 11.3. The minimum absolute atomic E-state index is 0.0253. The number of carbonyl (C=O) groups excluding carboxylic acids is 1. The lowest BCUT2D eigenvalue weighted by Gasteiger charge is -2.21. The molecule has 0 aliphatic heterocycles. The predicted molar refractivity (Wildman–Crippen MR) is 62.2 cm³/mol. The Kier molecular flexibility index (Phi) is 2.84. The summed E-state index contributed by atoms with van der Waals surface area (Å²) in [6, 6.07) is 0. The molecule has 0 spiro atoms. The third-order valence-electron chi connectivity index (χ3n) is 3.26. The van der Waals surface area contributed by atoms with Gasteiger partial charge in [-0.15, -0.1) is 0 Å². The molecule has 1 saturated carbocycles. The van der Waals surface area contributed by atoms with Gasteiger partial charge in [0.15, 0.2) is 5.78 Å². The molecule has 88 valence electrons. The number of nitrogens with zero attached hydrogens (tertiary/aromatic N) is 2. The first-order valence-corrected chi connectivity index (χ1v) is 5.92. The molecule has 0 saturated heterocycles. The Bertz CT molecular complexity index is 391. The van der Waals surface area contributed by atoms with E-state index in [0.29, 0.717) is 11.5 Å². The summed E-state index contributed by atoms with van der Waals surface area (Å²) in [6.45, 7) is 4.77. The Morgan fingerprint density at radius 2 is 2.38 bits per heavy atom. The highest BCUT2D eigenvalue weighted by Gasteiger charge is 2.44. The zero-order chi connectivity index (χ0) is 11.8. The zero-order valence-electron chi connectivity index (χ0n) is 9.94. The fourth-order valence-corrected chi connectivity index (χ4v) is 2.01. The van der Waals surface area contributed by atoms with E-state index >= 15 is 0 Å². The summed E-state index contributed by atoms with van der Waals surface area (Å²) in [6.07, 6.45) is 6.59. The van der Waals surface area contributed by atoms with Crippen LogP contribution in [0.15, 0.2) is 12.4 Å². The molecule has 0 bridgehead atoms. The standard InChI is InChI=1S/C12H19N3O/c1-3-6-15-8-9(7-14-15)11(16)12(2,13)10-4-5-10/h7-8,10H,3-6,13H2,1-2H3. The molecular formula is C12H19N3O. The molecule has 1 atom stereocenters. The van der Waals surface area contributed by atoms with Gasteiger partial charge < -0.3 is 5.73 Å². The van der Waals surface area contributed by atoms with Crippen LogP contribution in [0.4, 0.5) is 0 Å². The van der Waals surface area contributed by atoms with Crippen molar-refractivity contribution in [1.82, 2.24) is 9.78 Å². The Morgan fingerprint density at radius 3 is 2.94 bits per heavy atom. The molecule has 2 rings (SSSR count). The van der Waals surface area contributed by atoms with E-state index in [0.717, 1.165) is 25.8 Å². The second-order valence-electron chi connectivity index (χ2n) is 4.88. The highest BCUT2D eigenvalue weighted by molar-refractivity contribution is 6.02. The summed E-state index contributed by atoms with van der Waals surface area (Å²) in [4.78, 5) is 12.2. The van der Waals surface area contributed by atoms with Gasteiger partial charge in [-0.05, 0) is 32.1 Å². The van der Waals surface area contributed by atoms with Crippen LogP contribution in [-0.2, 0) is 6.54 Å². The lowest BCUT2D eigenvalue weighted by molar-refractivity contribution is 0.0883. The van der Waals surface area contributed by atoms with Gasteiger partial charge in [-0.25, -0.2) is 0 Å². The van der Waals surface area contributed by atoms with Crippen molar-refractivity contribution in [2.75, 3.05) is 0 Å². The Labute approximate surface area is 95.8 Å². The van der Waals surface area contributed by atoms with E-state index in [1.165, 1.54) is 0 Å². The van der Waals surface area contributed by atoms with Crippen LogP contribution >= 0.6 is 0 Å². The van der Waals surface area contributed by atoms with Crippen LogP contribution in [0, 0.1) is 5.92 Å². The van der Waals surface area contributed by atoms with Gasteiger partial charge in [0.1, 0.15) is 0 Å². The van der Waals surface area contributed by atoms with Crippen molar-refractivity contribution in [3.05, 3.63) is 18.0 Å². The van der Waals surface area contributed by atoms with Gasteiger partial charge in [-0.2, -0.15) is 5.10 Å². The van der Waals surface area contributed by atoms with Crippen LogP contribution in [-0.4, -0.2) is 21.1 Å². The third kappa shape index (κ3) is 2.02. The van der Waals surface area contributed by atoms with Crippen LogP contribution in [0.5, 0.6) is 0 Å². The zero-order valence-corrected chi connectivity index (χ0v) is 9.94. The highest BCUT2D eigenvalue weighted by Crippen LogP contribution is 2.39. The van der Waals surface area contributed by atoms with Gasteiger partial charge in [0.25, 0.3) is 0 Å². The number of aryl methyl sites for hydroxylation is 1. The Balaban J connectivity index is 2.13. The maximum Gasteiger partial charge on any atom is 0.185 e.